The minimum atomic E-state index is 0. The monoisotopic (exact) mass is 777 g/mol. The molecule has 1 unspecified atom stereocenters. The number of hydrogen-bond donors (Lipinski definition) is 4. The van der Waals surface area contributed by atoms with Crippen molar-refractivity contribution in [3.8, 4) is 0 Å². The zero-order valence-corrected chi connectivity index (χ0v) is 38.3. The summed E-state index contributed by atoms with van der Waals surface area (Å²) in [5.74, 6) is 0.578. The average molecular weight is 777 g/mol. The molecular weight excluding hydrogens is 669 g/mol. The Balaban J connectivity index is -0.000000234. The van der Waals surface area contributed by atoms with E-state index in [-0.39, 0.29) is 5.48 Å². The summed E-state index contributed by atoms with van der Waals surface area (Å²) in [5, 5.41) is 33.7. The van der Waals surface area contributed by atoms with Gasteiger partial charge in [0.15, 0.2) is 0 Å². The van der Waals surface area contributed by atoms with Gasteiger partial charge in [0.1, 0.15) is 0 Å². The van der Waals surface area contributed by atoms with Gasteiger partial charge in [0, 0.05) is 26.9 Å². The van der Waals surface area contributed by atoms with Crippen LogP contribution in [-0.4, -0.2) is 52.8 Å². The van der Waals surface area contributed by atoms with Crippen molar-refractivity contribution in [1.29, 1.82) is 0 Å². The first-order chi connectivity index (χ1) is 26.2. The number of aliphatic hydroxyl groups excluding tert-OH is 4. The third-order valence-electron chi connectivity index (χ3n) is 10.7. The number of aliphatic hydroxyl groups is 4. The molecule has 0 amide bonds. The number of hydrogen-bond acceptors (Lipinski definition) is 4. The Morgan fingerprint density at radius 2 is 0.426 bits per heavy atom. The predicted octanol–water partition coefficient (Wildman–Crippen LogP) is 15.0. The molecule has 0 heterocycles. The molecule has 0 aliphatic rings. The van der Waals surface area contributed by atoms with Gasteiger partial charge in [-0.1, -0.05) is 259 Å². The van der Waals surface area contributed by atoms with E-state index in [1.165, 1.54) is 244 Å². The van der Waals surface area contributed by atoms with Crippen molar-refractivity contribution < 1.29 is 25.9 Å². The summed E-state index contributed by atoms with van der Waals surface area (Å²) in [6.45, 7) is 10.2. The van der Waals surface area contributed by atoms with E-state index in [2.05, 4.69) is 27.7 Å². The summed E-state index contributed by atoms with van der Waals surface area (Å²) in [7, 11) is 1.00. The molecule has 0 aliphatic heterocycles. The molecule has 0 radical (unpaired) electrons. The molecule has 54 heavy (non-hydrogen) atoms. The van der Waals surface area contributed by atoms with Gasteiger partial charge in [-0.2, -0.15) is 0 Å². The van der Waals surface area contributed by atoms with Gasteiger partial charge in [0.05, 0.1) is 0 Å². The van der Waals surface area contributed by atoms with Crippen LogP contribution in [0.5, 0.6) is 0 Å². The normalized spacial score (nSPS) is 11.1. The van der Waals surface area contributed by atoms with Gasteiger partial charge in [-0.05, 0) is 31.6 Å². The van der Waals surface area contributed by atoms with E-state index in [0.29, 0.717) is 25.7 Å². The van der Waals surface area contributed by atoms with Crippen LogP contribution in [0.4, 0.5) is 0 Å². The van der Waals surface area contributed by atoms with Crippen molar-refractivity contribution in [2.75, 3.05) is 26.9 Å². The Hall–Kier alpha value is -0.200. The Bertz CT molecular complexity index is 490. The van der Waals surface area contributed by atoms with Crippen molar-refractivity contribution in [2.45, 2.75) is 285 Å². The molecule has 0 fully saturated rings. The van der Waals surface area contributed by atoms with Crippen molar-refractivity contribution in [3.05, 3.63) is 0 Å². The fourth-order valence-corrected chi connectivity index (χ4v) is 7.01. The lowest BCUT2D eigenvalue weighted by Gasteiger charge is -2.13. The standard InChI is InChI=1S/C24H50O.2C12H26O.CH4O.H2O/c1-3-5-7-9-11-13-14-16-18-20-22-24(23-25)21-19-17-15-12-10-8-6-4-2;2*1-2-3-4-5-6-7-8-9-10-11-12-13;1-2;/h24-25H,3-23H2,1-2H3;2*13H,2-12H2,1H3;2H,1H3;1H2. The molecule has 0 saturated heterocycles. The molecule has 0 rings (SSSR count). The lowest BCUT2D eigenvalue weighted by molar-refractivity contribution is 0.204. The molecule has 0 aliphatic carbocycles. The predicted molar refractivity (Wildman–Crippen MR) is 244 cm³/mol. The molecule has 0 aromatic heterocycles. The number of unbranched alkanes of at least 4 members (excludes halogenated alkanes) is 34. The maximum atomic E-state index is 9.57. The highest BCUT2D eigenvalue weighted by atomic mass is 16.3. The second kappa shape index (κ2) is 67.5. The summed E-state index contributed by atoms with van der Waals surface area (Å²) in [6.07, 6.45) is 54.3. The van der Waals surface area contributed by atoms with Crippen LogP contribution in [0.15, 0.2) is 0 Å². The summed E-state index contributed by atoms with van der Waals surface area (Å²) >= 11 is 0. The van der Waals surface area contributed by atoms with Crippen LogP contribution in [0.3, 0.4) is 0 Å². The molecule has 5 heteroatoms. The molecule has 0 aromatic carbocycles. The van der Waals surface area contributed by atoms with Crippen LogP contribution in [0.1, 0.15) is 285 Å². The first kappa shape index (κ1) is 63.0. The summed E-state index contributed by atoms with van der Waals surface area (Å²) in [4.78, 5) is 0. The van der Waals surface area contributed by atoms with Gasteiger partial charge < -0.3 is 25.9 Å². The lowest BCUT2D eigenvalue weighted by atomic mass is 9.94. The van der Waals surface area contributed by atoms with Crippen LogP contribution >= 0.6 is 0 Å². The van der Waals surface area contributed by atoms with Gasteiger partial charge in [-0.3, -0.25) is 0 Å². The maximum Gasteiger partial charge on any atom is 0.0459 e. The van der Waals surface area contributed by atoms with Gasteiger partial charge in [-0.15, -0.1) is 0 Å². The van der Waals surface area contributed by atoms with E-state index in [1.807, 2.05) is 0 Å². The minimum Gasteiger partial charge on any atom is -0.412 e. The highest BCUT2D eigenvalue weighted by Crippen LogP contribution is 2.19. The first-order valence-corrected chi connectivity index (χ1v) is 24.4. The fourth-order valence-electron chi connectivity index (χ4n) is 7.01. The maximum absolute atomic E-state index is 9.57. The Morgan fingerprint density at radius 3 is 0.593 bits per heavy atom. The van der Waals surface area contributed by atoms with Gasteiger partial charge in [0.2, 0.25) is 0 Å². The second-order valence-corrected chi connectivity index (χ2v) is 16.1. The van der Waals surface area contributed by atoms with Crippen molar-refractivity contribution >= 4 is 0 Å². The van der Waals surface area contributed by atoms with Crippen molar-refractivity contribution in [1.82, 2.24) is 0 Å². The van der Waals surface area contributed by atoms with Gasteiger partial charge in [-0.25, -0.2) is 0 Å². The minimum absolute atomic E-state index is 0. The summed E-state index contributed by atoms with van der Waals surface area (Å²) in [5.41, 5.74) is 0. The molecule has 0 bridgehead atoms. The van der Waals surface area contributed by atoms with Gasteiger partial charge in [0.25, 0.3) is 0 Å². The Morgan fingerprint density at radius 1 is 0.259 bits per heavy atom. The average Bonchev–Trinajstić information content (AvgIpc) is 3.19. The molecule has 1 atom stereocenters. The topological polar surface area (TPSA) is 112 Å². The Labute approximate surface area is 342 Å². The highest BCUT2D eigenvalue weighted by molar-refractivity contribution is 4.60. The quantitative estimate of drug-likeness (QED) is 0.0463. The van der Waals surface area contributed by atoms with Crippen molar-refractivity contribution in [3.63, 3.8) is 0 Å². The molecule has 0 saturated carbocycles. The first-order valence-electron chi connectivity index (χ1n) is 24.4. The summed E-state index contributed by atoms with van der Waals surface area (Å²) < 4.78 is 0. The van der Waals surface area contributed by atoms with Crippen LogP contribution in [-0.2, 0) is 0 Å². The van der Waals surface area contributed by atoms with Crippen LogP contribution in [0.25, 0.3) is 0 Å². The molecule has 334 valence electrons. The van der Waals surface area contributed by atoms with E-state index in [0.717, 1.165) is 20.0 Å². The van der Waals surface area contributed by atoms with E-state index >= 15 is 0 Å². The Kier molecular flexibility index (Phi) is 78.8. The fraction of sp³-hybridized carbons (Fsp3) is 1.00. The molecule has 0 aromatic rings. The van der Waals surface area contributed by atoms with E-state index in [1.54, 1.807) is 0 Å². The third-order valence-corrected chi connectivity index (χ3v) is 10.7. The SMILES string of the molecule is CCCCCCCCCCCCC(CO)CCCCCCCCCC.CCCCCCCCCCCCO.CCCCCCCCCCCCO.CO.O. The smallest absolute Gasteiger partial charge is 0.0459 e. The van der Waals surface area contributed by atoms with Crippen LogP contribution in [0.2, 0.25) is 0 Å². The summed E-state index contributed by atoms with van der Waals surface area (Å²) in [6, 6.07) is 0. The van der Waals surface area contributed by atoms with E-state index in [4.69, 9.17) is 15.3 Å². The highest BCUT2D eigenvalue weighted by Gasteiger charge is 2.07. The van der Waals surface area contributed by atoms with Crippen LogP contribution in [0, 0.1) is 5.92 Å². The molecule has 0 spiro atoms. The van der Waals surface area contributed by atoms with Gasteiger partial charge >= 0.3 is 0 Å². The van der Waals surface area contributed by atoms with E-state index < -0.39 is 0 Å². The molecular formula is C49H108O5. The molecule has 5 nitrogen and oxygen atoms in total. The second-order valence-electron chi connectivity index (χ2n) is 16.1. The zero-order valence-electron chi connectivity index (χ0n) is 38.3. The molecule has 6 N–H and O–H groups in total. The van der Waals surface area contributed by atoms with E-state index in [9.17, 15) is 5.11 Å². The van der Waals surface area contributed by atoms with Crippen LogP contribution < -0.4 is 0 Å². The third kappa shape index (κ3) is 69.7. The largest absolute Gasteiger partial charge is 0.412 e. The number of rotatable bonds is 41. The van der Waals surface area contributed by atoms with Crippen molar-refractivity contribution in [2.24, 2.45) is 5.92 Å². The lowest BCUT2D eigenvalue weighted by Crippen LogP contribution is -2.06. The zero-order chi connectivity index (χ0) is 40.0.